The van der Waals surface area contributed by atoms with Gasteiger partial charge in [0, 0.05) is 11.1 Å². The Hall–Kier alpha value is -1.65. The third-order valence-corrected chi connectivity index (χ3v) is 2.47. The summed E-state index contributed by atoms with van der Waals surface area (Å²) < 4.78 is 37.8. The third kappa shape index (κ3) is 2.72. The zero-order valence-electron chi connectivity index (χ0n) is 9.39. The molecule has 0 unspecified atom stereocenters. The lowest BCUT2D eigenvalue weighted by molar-refractivity contribution is -0.137. The van der Waals surface area contributed by atoms with Gasteiger partial charge in [-0.2, -0.15) is 13.2 Å². The first-order chi connectivity index (χ1) is 7.81. The average molecular weight is 244 g/mol. The minimum atomic E-state index is -4.52. The fraction of sp³-hybridized carbons (Fsp3) is 0.333. The summed E-state index contributed by atoms with van der Waals surface area (Å²) in [6.45, 7) is 2.77. The van der Waals surface area contributed by atoms with Gasteiger partial charge in [0.1, 0.15) is 0 Å². The van der Waals surface area contributed by atoms with E-state index in [-0.39, 0.29) is 23.1 Å². The van der Waals surface area contributed by atoms with Crippen LogP contribution in [0.15, 0.2) is 12.1 Å². The molecule has 0 aromatic heterocycles. The second-order valence-corrected chi connectivity index (χ2v) is 3.62. The maximum absolute atomic E-state index is 12.6. The summed E-state index contributed by atoms with van der Waals surface area (Å²) in [7, 11) is 0. The molecule has 0 radical (unpaired) electrons. The highest BCUT2D eigenvalue weighted by Gasteiger charge is 2.32. The van der Waals surface area contributed by atoms with Crippen LogP contribution in [0.25, 0.3) is 0 Å². The lowest BCUT2D eigenvalue weighted by atomic mass is 9.94. The number of hydrogen-bond acceptors (Lipinski definition) is 2. The quantitative estimate of drug-likeness (QED) is 0.604. The van der Waals surface area contributed by atoms with E-state index in [1.807, 2.05) is 0 Å². The number of Topliss-reactive ketones (excluding diaryl/α,β-unsaturated/α-hetero) is 1. The van der Waals surface area contributed by atoms with E-state index in [0.29, 0.717) is 6.29 Å². The van der Waals surface area contributed by atoms with Gasteiger partial charge in [0.05, 0.1) is 5.56 Å². The minimum absolute atomic E-state index is 0.0491. The second kappa shape index (κ2) is 4.69. The Balaban J connectivity index is 3.57. The summed E-state index contributed by atoms with van der Waals surface area (Å²) >= 11 is 0. The zero-order valence-corrected chi connectivity index (χ0v) is 9.39. The van der Waals surface area contributed by atoms with Crippen molar-refractivity contribution in [2.24, 2.45) is 0 Å². The van der Waals surface area contributed by atoms with Crippen LogP contribution in [0.5, 0.6) is 0 Å². The van der Waals surface area contributed by atoms with Crippen LogP contribution in [-0.4, -0.2) is 12.1 Å². The highest BCUT2D eigenvalue weighted by atomic mass is 19.4. The topological polar surface area (TPSA) is 34.1 Å². The molecule has 1 rings (SSSR count). The van der Waals surface area contributed by atoms with Crippen LogP contribution in [0.1, 0.15) is 45.7 Å². The van der Waals surface area contributed by atoms with Gasteiger partial charge in [-0.1, -0.05) is 6.92 Å². The van der Waals surface area contributed by atoms with Gasteiger partial charge in [-0.15, -0.1) is 0 Å². The molecule has 17 heavy (non-hydrogen) atoms. The predicted octanol–water partition coefficient (Wildman–Crippen LogP) is 3.28. The van der Waals surface area contributed by atoms with E-state index in [4.69, 9.17) is 0 Å². The van der Waals surface area contributed by atoms with Crippen molar-refractivity contribution in [3.05, 3.63) is 34.4 Å². The largest absolute Gasteiger partial charge is 0.416 e. The summed E-state index contributed by atoms with van der Waals surface area (Å²) in [4.78, 5) is 22.1. The normalized spacial score (nSPS) is 11.4. The van der Waals surface area contributed by atoms with Crippen LogP contribution < -0.4 is 0 Å². The van der Waals surface area contributed by atoms with E-state index in [1.165, 1.54) is 0 Å². The van der Waals surface area contributed by atoms with Gasteiger partial charge < -0.3 is 0 Å². The fourth-order valence-electron chi connectivity index (χ4n) is 1.60. The number of aldehydes is 1. The van der Waals surface area contributed by atoms with Crippen molar-refractivity contribution in [2.75, 3.05) is 0 Å². The Morgan fingerprint density at radius 1 is 1.35 bits per heavy atom. The number of ketones is 1. The molecule has 2 nitrogen and oxygen atoms in total. The third-order valence-electron chi connectivity index (χ3n) is 2.47. The molecule has 0 saturated carbocycles. The Kier molecular flexibility index (Phi) is 3.70. The van der Waals surface area contributed by atoms with Crippen LogP contribution in [0.2, 0.25) is 0 Å². The van der Waals surface area contributed by atoms with Gasteiger partial charge in [0.25, 0.3) is 0 Å². The van der Waals surface area contributed by atoms with Gasteiger partial charge in [0.15, 0.2) is 12.1 Å². The van der Waals surface area contributed by atoms with Crippen LogP contribution in [-0.2, 0) is 12.6 Å². The number of halogens is 3. The Bertz CT molecular complexity index is 462. The fourth-order valence-corrected chi connectivity index (χ4v) is 1.60. The standard InChI is InChI=1S/C12H11F3O2/c1-3-8-4-9(12(13,14)15)5-10(7(2)17)11(8)6-16/h4-6H,3H2,1-2H3. The molecule has 1 aromatic carbocycles. The number of alkyl halides is 3. The number of rotatable bonds is 3. The first kappa shape index (κ1) is 13.4. The molecule has 0 bridgehead atoms. The monoisotopic (exact) mass is 244 g/mol. The van der Waals surface area contributed by atoms with Crippen LogP contribution >= 0.6 is 0 Å². The molecule has 0 aliphatic rings. The van der Waals surface area contributed by atoms with E-state index >= 15 is 0 Å². The molecule has 0 fully saturated rings. The van der Waals surface area contributed by atoms with Crippen molar-refractivity contribution in [1.82, 2.24) is 0 Å². The number of benzene rings is 1. The maximum atomic E-state index is 12.6. The lowest BCUT2D eigenvalue weighted by Gasteiger charge is -2.13. The SMILES string of the molecule is CCc1cc(C(F)(F)F)cc(C(C)=O)c1C=O. The lowest BCUT2D eigenvalue weighted by Crippen LogP contribution is -2.11. The van der Waals surface area contributed by atoms with E-state index in [1.54, 1.807) is 6.92 Å². The van der Waals surface area contributed by atoms with Gasteiger partial charge in [-0.05, 0) is 31.0 Å². The molecule has 0 heterocycles. The van der Waals surface area contributed by atoms with Crippen molar-refractivity contribution in [1.29, 1.82) is 0 Å². The van der Waals surface area contributed by atoms with Crippen LogP contribution in [0, 0.1) is 0 Å². The smallest absolute Gasteiger partial charge is 0.298 e. The average Bonchev–Trinajstić information content (AvgIpc) is 2.25. The molecule has 0 aliphatic heterocycles. The molecular formula is C12H11F3O2. The summed E-state index contributed by atoms with van der Waals surface area (Å²) in [5.41, 5.74) is -0.787. The molecule has 92 valence electrons. The molecule has 0 atom stereocenters. The Morgan fingerprint density at radius 2 is 1.94 bits per heavy atom. The number of carbonyl (C=O) groups excluding carboxylic acids is 2. The molecule has 0 spiro atoms. The van der Waals surface area contributed by atoms with Crippen molar-refractivity contribution < 1.29 is 22.8 Å². The van der Waals surface area contributed by atoms with Crippen LogP contribution in [0.3, 0.4) is 0 Å². The molecule has 1 aromatic rings. The van der Waals surface area contributed by atoms with Crippen molar-refractivity contribution in [2.45, 2.75) is 26.4 Å². The highest BCUT2D eigenvalue weighted by molar-refractivity contribution is 6.02. The Morgan fingerprint density at radius 3 is 2.29 bits per heavy atom. The zero-order chi connectivity index (χ0) is 13.2. The van der Waals surface area contributed by atoms with Crippen molar-refractivity contribution in [3.8, 4) is 0 Å². The van der Waals surface area contributed by atoms with E-state index in [0.717, 1.165) is 19.1 Å². The second-order valence-electron chi connectivity index (χ2n) is 3.62. The maximum Gasteiger partial charge on any atom is 0.416 e. The van der Waals surface area contributed by atoms with Gasteiger partial charge in [-0.3, -0.25) is 9.59 Å². The van der Waals surface area contributed by atoms with Crippen molar-refractivity contribution in [3.63, 3.8) is 0 Å². The van der Waals surface area contributed by atoms with Crippen LogP contribution in [0.4, 0.5) is 13.2 Å². The minimum Gasteiger partial charge on any atom is -0.298 e. The highest BCUT2D eigenvalue weighted by Crippen LogP contribution is 2.32. The summed E-state index contributed by atoms with van der Waals surface area (Å²) in [6.07, 6.45) is -3.83. The summed E-state index contributed by atoms with van der Waals surface area (Å²) in [5, 5.41) is 0. The predicted molar refractivity (Wildman–Crippen MR) is 56.2 cm³/mol. The number of hydrogen-bond donors (Lipinski definition) is 0. The van der Waals surface area contributed by atoms with E-state index in [9.17, 15) is 22.8 Å². The van der Waals surface area contributed by atoms with Crippen molar-refractivity contribution >= 4 is 12.1 Å². The van der Waals surface area contributed by atoms with Gasteiger partial charge in [0.2, 0.25) is 0 Å². The van der Waals surface area contributed by atoms with E-state index in [2.05, 4.69) is 0 Å². The molecule has 0 N–H and O–H groups in total. The van der Waals surface area contributed by atoms with Gasteiger partial charge >= 0.3 is 6.18 Å². The molecular weight excluding hydrogens is 233 g/mol. The number of aryl methyl sites for hydroxylation is 1. The molecule has 0 amide bonds. The first-order valence-corrected chi connectivity index (χ1v) is 5.01. The number of carbonyl (C=O) groups is 2. The molecule has 5 heteroatoms. The summed E-state index contributed by atoms with van der Waals surface area (Å²) in [6, 6.07) is 1.64. The van der Waals surface area contributed by atoms with Gasteiger partial charge in [-0.25, -0.2) is 0 Å². The molecule has 0 aliphatic carbocycles. The van der Waals surface area contributed by atoms with E-state index < -0.39 is 17.5 Å². The molecule has 0 saturated heterocycles. The summed E-state index contributed by atoms with van der Waals surface area (Å²) in [5.74, 6) is -0.548. The Labute approximate surface area is 96.4 Å². The first-order valence-electron chi connectivity index (χ1n) is 5.01.